The summed E-state index contributed by atoms with van der Waals surface area (Å²) in [6.07, 6.45) is 0. The summed E-state index contributed by atoms with van der Waals surface area (Å²) in [7, 11) is 0. The van der Waals surface area contributed by atoms with Crippen molar-refractivity contribution in [1.82, 2.24) is 9.97 Å². The van der Waals surface area contributed by atoms with Crippen LogP contribution in [-0.2, 0) is 9.59 Å². The Morgan fingerprint density at radius 2 is 1.35 bits per heavy atom. The van der Waals surface area contributed by atoms with Gasteiger partial charge in [-0.15, -0.1) is 0 Å². The van der Waals surface area contributed by atoms with Crippen molar-refractivity contribution in [2.75, 3.05) is 10.6 Å². The van der Waals surface area contributed by atoms with E-state index < -0.39 is 11.8 Å². The summed E-state index contributed by atoms with van der Waals surface area (Å²) in [5, 5.41) is 5.07. The molecule has 0 fully saturated rings. The third kappa shape index (κ3) is 3.00. The van der Waals surface area contributed by atoms with E-state index in [-0.39, 0.29) is 0 Å². The number of carbonyl (C=O) groups is 2. The quantitative estimate of drug-likeness (QED) is 0.537. The summed E-state index contributed by atoms with van der Waals surface area (Å²) in [6, 6.07) is 9.94. The third-order valence-corrected chi connectivity index (χ3v) is 3.71. The molecule has 2 amide bonds. The van der Waals surface area contributed by atoms with Crippen LogP contribution in [0.2, 0.25) is 0 Å². The fourth-order valence-corrected chi connectivity index (χ4v) is 2.61. The van der Waals surface area contributed by atoms with Crippen LogP contribution in [0.1, 0.15) is 11.8 Å². The van der Waals surface area contributed by atoms with E-state index in [4.69, 9.17) is 8.83 Å². The van der Waals surface area contributed by atoms with E-state index in [2.05, 4.69) is 20.6 Å². The molecular formula is C18H14N4O4. The van der Waals surface area contributed by atoms with Crippen molar-refractivity contribution >= 4 is 45.4 Å². The van der Waals surface area contributed by atoms with E-state index in [9.17, 15) is 9.59 Å². The Kier molecular flexibility index (Phi) is 3.65. The van der Waals surface area contributed by atoms with Gasteiger partial charge in [-0.25, -0.2) is 9.97 Å². The van der Waals surface area contributed by atoms with Gasteiger partial charge in [0.05, 0.1) is 0 Å². The van der Waals surface area contributed by atoms with Crippen LogP contribution in [0.5, 0.6) is 0 Å². The van der Waals surface area contributed by atoms with Crippen LogP contribution >= 0.6 is 0 Å². The molecule has 8 nitrogen and oxygen atoms in total. The number of rotatable bonds is 2. The lowest BCUT2D eigenvalue weighted by molar-refractivity contribution is -0.132. The molecule has 2 N–H and O–H groups in total. The third-order valence-electron chi connectivity index (χ3n) is 3.71. The highest BCUT2D eigenvalue weighted by atomic mass is 16.3. The predicted octanol–water partition coefficient (Wildman–Crippen LogP) is 3.16. The van der Waals surface area contributed by atoms with Crippen LogP contribution in [0.25, 0.3) is 22.2 Å². The minimum Gasteiger partial charge on any atom is -0.441 e. The molecule has 4 aromatic rings. The van der Waals surface area contributed by atoms with Crippen molar-refractivity contribution in [3.05, 3.63) is 48.2 Å². The zero-order valence-corrected chi connectivity index (χ0v) is 14.0. The van der Waals surface area contributed by atoms with Gasteiger partial charge in [-0.1, -0.05) is 0 Å². The molecule has 8 heteroatoms. The smallest absolute Gasteiger partial charge is 0.314 e. The molecule has 0 spiro atoms. The first-order chi connectivity index (χ1) is 12.5. The van der Waals surface area contributed by atoms with E-state index in [0.717, 1.165) is 0 Å². The minimum absolute atomic E-state index is 0.441. The van der Waals surface area contributed by atoms with Crippen molar-refractivity contribution in [3.8, 4) is 0 Å². The molecule has 2 heterocycles. The van der Waals surface area contributed by atoms with Crippen molar-refractivity contribution < 1.29 is 18.4 Å². The summed E-state index contributed by atoms with van der Waals surface area (Å²) in [5.41, 5.74) is 3.32. The van der Waals surface area contributed by atoms with Gasteiger partial charge in [0.2, 0.25) is 0 Å². The van der Waals surface area contributed by atoms with Gasteiger partial charge in [-0.05, 0) is 30.3 Å². The van der Waals surface area contributed by atoms with Crippen molar-refractivity contribution in [3.63, 3.8) is 0 Å². The topological polar surface area (TPSA) is 110 Å². The number of aromatic nitrogens is 2. The van der Waals surface area contributed by atoms with E-state index in [1.165, 1.54) is 0 Å². The number of benzene rings is 2. The number of nitrogens with one attached hydrogen (secondary N) is 2. The first-order valence-corrected chi connectivity index (χ1v) is 7.85. The molecule has 0 unspecified atom stereocenters. The number of nitrogens with zero attached hydrogens (tertiary/aromatic N) is 2. The second kappa shape index (κ2) is 5.99. The molecule has 4 rings (SSSR count). The zero-order chi connectivity index (χ0) is 18.3. The molecule has 2 aromatic heterocycles. The fraction of sp³-hybridized carbons (Fsp3) is 0.111. The number of fused-ring (bicyclic) bond motifs is 2. The van der Waals surface area contributed by atoms with E-state index in [1.54, 1.807) is 50.2 Å². The Morgan fingerprint density at radius 3 is 2.08 bits per heavy atom. The Morgan fingerprint density at radius 1 is 0.769 bits per heavy atom. The number of hydrogen-bond donors (Lipinski definition) is 2. The van der Waals surface area contributed by atoms with E-state index in [0.29, 0.717) is 45.4 Å². The van der Waals surface area contributed by atoms with Gasteiger partial charge in [-0.3, -0.25) is 9.59 Å². The lowest BCUT2D eigenvalue weighted by Gasteiger charge is -2.06. The minimum atomic E-state index is -0.794. The van der Waals surface area contributed by atoms with Crippen LogP contribution in [0, 0.1) is 13.8 Å². The number of amides is 2. The van der Waals surface area contributed by atoms with Gasteiger partial charge in [0.15, 0.2) is 22.9 Å². The average molecular weight is 350 g/mol. The van der Waals surface area contributed by atoms with Crippen LogP contribution < -0.4 is 10.6 Å². The monoisotopic (exact) mass is 350 g/mol. The number of aryl methyl sites for hydroxylation is 2. The Bertz CT molecular complexity index is 1070. The summed E-state index contributed by atoms with van der Waals surface area (Å²) < 4.78 is 10.8. The van der Waals surface area contributed by atoms with Gasteiger partial charge >= 0.3 is 11.8 Å². The predicted molar refractivity (Wildman–Crippen MR) is 94.8 cm³/mol. The maximum absolute atomic E-state index is 12.1. The molecule has 0 aliphatic rings. The molecule has 0 saturated carbocycles. The normalized spacial score (nSPS) is 11.0. The van der Waals surface area contributed by atoms with E-state index >= 15 is 0 Å². The Labute approximate surface area is 147 Å². The largest absolute Gasteiger partial charge is 0.441 e. The number of carbonyl (C=O) groups excluding carboxylic acids is 2. The number of oxazole rings is 2. The van der Waals surface area contributed by atoms with Crippen LogP contribution in [0.4, 0.5) is 11.4 Å². The second-order valence-corrected chi connectivity index (χ2v) is 5.74. The van der Waals surface area contributed by atoms with Gasteiger partial charge in [-0.2, -0.15) is 0 Å². The highest BCUT2D eigenvalue weighted by Crippen LogP contribution is 2.21. The first-order valence-electron chi connectivity index (χ1n) is 7.85. The maximum atomic E-state index is 12.1. The van der Waals surface area contributed by atoms with Crippen LogP contribution in [0.3, 0.4) is 0 Å². The lowest BCUT2D eigenvalue weighted by atomic mass is 10.2. The summed E-state index contributed by atoms with van der Waals surface area (Å²) in [6.45, 7) is 3.47. The van der Waals surface area contributed by atoms with Gasteiger partial charge in [0, 0.05) is 31.3 Å². The molecule has 26 heavy (non-hydrogen) atoms. The van der Waals surface area contributed by atoms with Gasteiger partial charge in [0.1, 0.15) is 11.0 Å². The Balaban J connectivity index is 1.48. The van der Waals surface area contributed by atoms with Crippen molar-refractivity contribution in [1.29, 1.82) is 0 Å². The summed E-state index contributed by atoms with van der Waals surface area (Å²) >= 11 is 0. The van der Waals surface area contributed by atoms with E-state index in [1.807, 2.05) is 0 Å². The van der Waals surface area contributed by atoms with Gasteiger partial charge < -0.3 is 19.5 Å². The first kappa shape index (κ1) is 15.8. The van der Waals surface area contributed by atoms with Crippen molar-refractivity contribution in [2.24, 2.45) is 0 Å². The van der Waals surface area contributed by atoms with Gasteiger partial charge in [0.25, 0.3) is 0 Å². The molecule has 130 valence electrons. The van der Waals surface area contributed by atoms with Crippen LogP contribution in [0.15, 0.2) is 45.2 Å². The summed E-state index contributed by atoms with van der Waals surface area (Å²) in [4.78, 5) is 32.6. The molecule has 0 saturated heterocycles. The lowest BCUT2D eigenvalue weighted by Crippen LogP contribution is -2.29. The number of anilines is 2. The maximum Gasteiger partial charge on any atom is 0.314 e. The Hall–Kier alpha value is -3.68. The molecule has 2 aromatic carbocycles. The molecule has 0 aliphatic heterocycles. The number of hydrogen-bond acceptors (Lipinski definition) is 6. The van der Waals surface area contributed by atoms with Crippen LogP contribution in [-0.4, -0.2) is 21.8 Å². The fourth-order valence-electron chi connectivity index (χ4n) is 2.61. The summed E-state index contributed by atoms with van der Waals surface area (Å²) in [5.74, 6) is -0.533. The molecule has 0 radical (unpaired) electrons. The SMILES string of the molecule is Cc1nc2cc(NC(=O)C(=O)Nc3ccc4nc(C)oc4c3)ccc2o1. The molecular weight excluding hydrogens is 336 g/mol. The van der Waals surface area contributed by atoms with Crippen molar-refractivity contribution in [2.45, 2.75) is 13.8 Å². The molecule has 0 atom stereocenters. The zero-order valence-electron chi connectivity index (χ0n) is 14.0. The highest BCUT2D eigenvalue weighted by molar-refractivity contribution is 6.43. The standard InChI is InChI=1S/C18H14N4O4/c1-9-19-13-5-3-12(8-16(13)26-9)22-18(24)17(23)21-11-4-6-15-14(7-11)20-10(2)25-15/h3-8H,1-2H3,(H,21,23)(H,22,24). The highest BCUT2D eigenvalue weighted by Gasteiger charge is 2.15. The average Bonchev–Trinajstić information content (AvgIpc) is 3.14. The second-order valence-electron chi connectivity index (χ2n) is 5.74. The molecule has 0 bridgehead atoms. The molecule has 0 aliphatic carbocycles.